The van der Waals surface area contributed by atoms with Crippen molar-refractivity contribution in [3.63, 3.8) is 0 Å². The Labute approximate surface area is 108 Å². The highest BCUT2D eigenvalue weighted by atomic mass is 16.5. The molecule has 0 amide bonds. The molecular weight excluding hydrogens is 210 g/mol. The van der Waals surface area contributed by atoms with Gasteiger partial charge in [0.2, 0.25) is 0 Å². The van der Waals surface area contributed by atoms with Crippen LogP contribution in [0, 0.1) is 11.3 Å². The molecule has 0 rings (SSSR count). The molecule has 0 spiro atoms. The maximum atomic E-state index is 5.67. The summed E-state index contributed by atoms with van der Waals surface area (Å²) in [4.78, 5) is 0. The van der Waals surface area contributed by atoms with Crippen LogP contribution in [0.4, 0.5) is 0 Å². The van der Waals surface area contributed by atoms with Gasteiger partial charge in [-0.2, -0.15) is 0 Å². The third-order valence-corrected chi connectivity index (χ3v) is 3.06. The van der Waals surface area contributed by atoms with Crippen LogP contribution in [0.15, 0.2) is 12.7 Å². The van der Waals surface area contributed by atoms with Crippen LogP contribution in [0.1, 0.15) is 47.5 Å². The second-order valence-corrected chi connectivity index (χ2v) is 5.94. The van der Waals surface area contributed by atoms with E-state index in [1.54, 1.807) is 0 Å². The number of ether oxygens (including phenoxy) is 1. The Kier molecular flexibility index (Phi) is 8.53. The summed E-state index contributed by atoms with van der Waals surface area (Å²) in [7, 11) is 0. The Balaban J connectivity index is 3.75. The summed E-state index contributed by atoms with van der Waals surface area (Å²) in [6.07, 6.45) is 4.23. The first-order valence-electron chi connectivity index (χ1n) is 6.84. The van der Waals surface area contributed by atoms with Gasteiger partial charge < -0.3 is 10.1 Å². The van der Waals surface area contributed by atoms with Crippen LogP contribution < -0.4 is 5.32 Å². The lowest BCUT2D eigenvalue weighted by Crippen LogP contribution is -2.35. The van der Waals surface area contributed by atoms with E-state index < -0.39 is 0 Å². The van der Waals surface area contributed by atoms with E-state index in [1.807, 2.05) is 6.08 Å². The molecule has 0 aliphatic heterocycles. The molecule has 0 radical (unpaired) electrons. The topological polar surface area (TPSA) is 21.3 Å². The van der Waals surface area contributed by atoms with E-state index in [4.69, 9.17) is 4.74 Å². The second-order valence-electron chi connectivity index (χ2n) is 5.94. The highest BCUT2D eigenvalue weighted by Gasteiger charge is 2.19. The molecule has 0 aromatic rings. The van der Waals surface area contributed by atoms with Crippen LogP contribution in [0.5, 0.6) is 0 Å². The molecule has 0 aromatic heterocycles. The number of nitrogens with one attached hydrogen (secondary N) is 1. The van der Waals surface area contributed by atoms with Crippen LogP contribution in [0.2, 0.25) is 0 Å². The quantitative estimate of drug-likeness (QED) is 0.466. The van der Waals surface area contributed by atoms with Crippen molar-refractivity contribution in [1.82, 2.24) is 5.32 Å². The SMILES string of the molecule is C=CC(C)(CCOCCC(C)C)CNC(C)C. The number of rotatable bonds is 10. The van der Waals surface area contributed by atoms with Gasteiger partial charge in [-0.1, -0.05) is 40.7 Å². The van der Waals surface area contributed by atoms with Crippen molar-refractivity contribution in [3.05, 3.63) is 12.7 Å². The lowest BCUT2D eigenvalue weighted by atomic mass is 9.87. The van der Waals surface area contributed by atoms with Crippen LogP contribution in [-0.4, -0.2) is 25.8 Å². The second kappa shape index (κ2) is 8.71. The minimum Gasteiger partial charge on any atom is -0.381 e. The molecule has 2 heteroatoms. The zero-order valence-electron chi connectivity index (χ0n) is 12.4. The molecule has 1 N–H and O–H groups in total. The molecule has 0 saturated carbocycles. The molecule has 102 valence electrons. The summed E-state index contributed by atoms with van der Waals surface area (Å²) in [6, 6.07) is 0.524. The average molecular weight is 241 g/mol. The largest absolute Gasteiger partial charge is 0.381 e. The lowest BCUT2D eigenvalue weighted by molar-refractivity contribution is 0.101. The van der Waals surface area contributed by atoms with Crippen molar-refractivity contribution in [3.8, 4) is 0 Å². The van der Waals surface area contributed by atoms with E-state index in [0.29, 0.717) is 6.04 Å². The Morgan fingerprint density at radius 3 is 2.35 bits per heavy atom. The molecule has 0 saturated heterocycles. The molecule has 0 aromatic carbocycles. The van der Waals surface area contributed by atoms with E-state index in [1.165, 1.54) is 0 Å². The maximum absolute atomic E-state index is 5.67. The standard InChI is InChI=1S/C15H31NO/c1-7-15(6,12-16-14(4)5)9-11-17-10-8-13(2)3/h7,13-14,16H,1,8-12H2,2-6H3. The van der Waals surface area contributed by atoms with Crippen LogP contribution in [-0.2, 0) is 4.74 Å². The van der Waals surface area contributed by atoms with Gasteiger partial charge in [0, 0.05) is 25.8 Å². The summed E-state index contributed by atoms with van der Waals surface area (Å²) >= 11 is 0. The molecule has 17 heavy (non-hydrogen) atoms. The number of hydrogen-bond donors (Lipinski definition) is 1. The van der Waals surface area contributed by atoms with E-state index in [2.05, 4.69) is 46.5 Å². The van der Waals surface area contributed by atoms with Gasteiger partial charge in [-0.15, -0.1) is 6.58 Å². The molecule has 1 unspecified atom stereocenters. The van der Waals surface area contributed by atoms with E-state index in [-0.39, 0.29) is 5.41 Å². The van der Waals surface area contributed by atoms with Gasteiger partial charge in [0.1, 0.15) is 0 Å². The minimum atomic E-state index is 0.141. The molecular formula is C15H31NO. The molecule has 0 heterocycles. The first kappa shape index (κ1) is 16.7. The van der Waals surface area contributed by atoms with Gasteiger partial charge >= 0.3 is 0 Å². The molecule has 0 aliphatic carbocycles. The molecule has 1 atom stereocenters. The fourth-order valence-corrected chi connectivity index (χ4v) is 1.43. The molecule has 0 bridgehead atoms. The van der Waals surface area contributed by atoms with Gasteiger partial charge in [0.05, 0.1) is 0 Å². The van der Waals surface area contributed by atoms with E-state index >= 15 is 0 Å². The summed E-state index contributed by atoms with van der Waals surface area (Å²) < 4.78 is 5.67. The summed E-state index contributed by atoms with van der Waals surface area (Å²) in [5.41, 5.74) is 0.141. The van der Waals surface area contributed by atoms with Crippen molar-refractivity contribution in [2.24, 2.45) is 11.3 Å². The van der Waals surface area contributed by atoms with E-state index in [0.717, 1.165) is 38.5 Å². The lowest BCUT2D eigenvalue weighted by Gasteiger charge is -2.27. The summed E-state index contributed by atoms with van der Waals surface area (Å²) in [5, 5.41) is 3.47. The van der Waals surface area contributed by atoms with Crippen molar-refractivity contribution in [2.75, 3.05) is 19.8 Å². The van der Waals surface area contributed by atoms with Crippen LogP contribution in [0.3, 0.4) is 0 Å². The highest BCUT2D eigenvalue weighted by Crippen LogP contribution is 2.21. The smallest absolute Gasteiger partial charge is 0.0474 e. The maximum Gasteiger partial charge on any atom is 0.0474 e. The Morgan fingerprint density at radius 2 is 1.88 bits per heavy atom. The Morgan fingerprint density at radius 1 is 1.24 bits per heavy atom. The van der Waals surface area contributed by atoms with Gasteiger partial charge in [-0.05, 0) is 24.2 Å². The molecule has 2 nitrogen and oxygen atoms in total. The molecule has 0 fully saturated rings. The van der Waals surface area contributed by atoms with Gasteiger partial charge in [0.25, 0.3) is 0 Å². The van der Waals surface area contributed by atoms with Gasteiger partial charge in [0.15, 0.2) is 0 Å². The molecule has 0 aliphatic rings. The minimum absolute atomic E-state index is 0.141. The predicted octanol–water partition coefficient (Wildman–Crippen LogP) is 3.63. The Bertz CT molecular complexity index is 201. The predicted molar refractivity (Wildman–Crippen MR) is 76.3 cm³/mol. The Hall–Kier alpha value is -0.340. The van der Waals surface area contributed by atoms with Gasteiger partial charge in [-0.25, -0.2) is 0 Å². The zero-order valence-corrected chi connectivity index (χ0v) is 12.4. The van der Waals surface area contributed by atoms with Crippen molar-refractivity contribution in [2.45, 2.75) is 53.5 Å². The third kappa shape index (κ3) is 9.37. The first-order valence-corrected chi connectivity index (χ1v) is 6.84. The van der Waals surface area contributed by atoms with Crippen molar-refractivity contribution >= 4 is 0 Å². The first-order chi connectivity index (χ1) is 7.89. The highest BCUT2D eigenvalue weighted by molar-refractivity contribution is 4.93. The number of hydrogen-bond acceptors (Lipinski definition) is 2. The summed E-state index contributed by atoms with van der Waals surface area (Å²) in [5.74, 6) is 0.725. The van der Waals surface area contributed by atoms with Crippen molar-refractivity contribution < 1.29 is 4.74 Å². The third-order valence-electron chi connectivity index (χ3n) is 3.06. The van der Waals surface area contributed by atoms with Crippen LogP contribution >= 0.6 is 0 Å². The van der Waals surface area contributed by atoms with E-state index in [9.17, 15) is 0 Å². The van der Waals surface area contributed by atoms with Crippen molar-refractivity contribution in [1.29, 1.82) is 0 Å². The normalized spacial score (nSPS) is 15.2. The average Bonchev–Trinajstić information content (AvgIpc) is 2.25. The van der Waals surface area contributed by atoms with Gasteiger partial charge in [-0.3, -0.25) is 0 Å². The fourth-order valence-electron chi connectivity index (χ4n) is 1.43. The van der Waals surface area contributed by atoms with Crippen LogP contribution in [0.25, 0.3) is 0 Å². The zero-order chi connectivity index (χ0) is 13.3. The monoisotopic (exact) mass is 241 g/mol. The summed E-state index contributed by atoms with van der Waals surface area (Å²) in [6.45, 7) is 17.6. The fraction of sp³-hybridized carbons (Fsp3) is 0.867.